The van der Waals surface area contributed by atoms with Crippen LogP contribution in [0.4, 0.5) is 4.39 Å². The first-order valence-corrected chi connectivity index (χ1v) is 6.29. The fourth-order valence-electron chi connectivity index (χ4n) is 2.37. The summed E-state index contributed by atoms with van der Waals surface area (Å²) in [7, 11) is 1.74. The van der Waals surface area contributed by atoms with Gasteiger partial charge >= 0.3 is 0 Å². The van der Waals surface area contributed by atoms with Gasteiger partial charge in [-0.3, -0.25) is 0 Å². The van der Waals surface area contributed by atoms with E-state index in [-0.39, 0.29) is 16.9 Å². The minimum atomic E-state index is -0.360. The molecule has 4 heteroatoms. The molecule has 2 rings (SSSR count). The van der Waals surface area contributed by atoms with Crippen molar-refractivity contribution in [2.24, 2.45) is 0 Å². The Morgan fingerprint density at radius 3 is 3.06 bits per heavy atom. The van der Waals surface area contributed by atoms with Crippen molar-refractivity contribution in [2.75, 3.05) is 7.11 Å². The Labute approximate surface area is 106 Å². The Morgan fingerprint density at radius 1 is 1.47 bits per heavy atom. The average molecular weight is 258 g/mol. The van der Waals surface area contributed by atoms with Gasteiger partial charge in [-0.2, -0.15) is 0 Å². The van der Waals surface area contributed by atoms with Crippen LogP contribution in [-0.4, -0.2) is 19.3 Å². The van der Waals surface area contributed by atoms with E-state index in [9.17, 15) is 4.39 Å². The molecule has 0 saturated heterocycles. The lowest BCUT2D eigenvalue weighted by atomic mass is 10.1. The van der Waals surface area contributed by atoms with Gasteiger partial charge in [0.2, 0.25) is 0 Å². The summed E-state index contributed by atoms with van der Waals surface area (Å²) in [5.41, 5.74) is 0.799. The van der Waals surface area contributed by atoms with Gasteiger partial charge in [0.25, 0.3) is 0 Å². The second-order valence-corrected chi connectivity index (χ2v) is 4.78. The Bertz CT molecular complexity index is 386. The van der Waals surface area contributed by atoms with Gasteiger partial charge in [-0.15, -0.1) is 0 Å². The molecule has 0 heterocycles. The maximum atomic E-state index is 13.2. The summed E-state index contributed by atoms with van der Waals surface area (Å²) in [6, 6.07) is 5.24. The van der Waals surface area contributed by atoms with Crippen molar-refractivity contribution in [2.45, 2.75) is 38.0 Å². The van der Waals surface area contributed by atoms with Gasteiger partial charge in [0.1, 0.15) is 5.82 Å². The zero-order chi connectivity index (χ0) is 12.3. The van der Waals surface area contributed by atoms with Crippen molar-refractivity contribution in [3.8, 4) is 0 Å². The minimum Gasteiger partial charge on any atom is -0.380 e. The molecule has 0 aliphatic heterocycles. The van der Waals surface area contributed by atoms with Gasteiger partial charge in [-0.05, 0) is 30.9 Å². The number of benzene rings is 1. The van der Waals surface area contributed by atoms with Gasteiger partial charge in [-0.25, -0.2) is 4.39 Å². The topological polar surface area (TPSA) is 21.3 Å². The quantitative estimate of drug-likeness (QED) is 0.895. The van der Waals surface area contributed by atoms with E-state index in [1.54, 1.807) is 13.2 Å². The Kier molecular flexibility index (Phi) is 4.37. The Hall–Kier alpha value is -0.640. The maximum Gasteiger partial charge on any atom is 0.142 e. The van der Waals surface area contributed by atoms with Crippen LogP contribution in [0.3, 0.4) is 0 Å². The van der Waals surface area contributed by atoms with Crippen molar-refractivity contribution in [3.05, 3.63) is 34.6 Å². The second-order valence-electron chi connectivity index (χ2n) is 4.41. The lowest BCUT2D eigenvalue weighted by molar-refractivity contribution is 0.0847. The number of ether oxygens (including phenoxy) is 1. The molecule has 0 aromatic heterocycles. The molecular weight excluding hydrogens is 241 g/mol. The molecule has 0 amide bonds. The highest BCUT2D eigenvalue weighted by molar-refractivity contribution is 6.31. The summed E-state index contributed by atoms with van der Waals surface area (Å²) in [6.07, 6.45) is 3.63. The molecule has 2 unspecified atom stereocenters. The molecule has 1 fully saturated rings. The maximum absolute atomic E-state index is 13.2. The van der Waals surface area contributed by atoms with E-state index in [4.69, 9.17) is 16.3 Å². The fourth-order valence-corrected chi connectivity index (χ4v) is 2.56. The third kappa shape index (κ3) is 2.97. The molecule has 2 nitrogen and oxygen atoms in total. The molecule has 2 atom stereocenters. The molecule has 94 valence electrons. The molecule has 0 spiro atoms. The van der Waals surface area contributed by atoms with Gasteiger partial charge in [0.15, 0.2) is 0 Å². The lowest BCUT2D eigenvalue weighted by Crippen LogP contribution is -2.36. The fraction of sp³-hybridized carbons (Fsp3) is 0.538. The first-order valence-electron chi connectivity index (χ1n) is 5.91. The molecule has 1 aromatic carbocycles. The monoisotopic (exact) mass is 257 g/mol. The van der Waals surface area contributed by atoms with E-state index in [0.29, 0.717) is 12.6 Å². The molecule has 0 bridgehead atoms. The highest BCUT2D eigenvalue weighted by Gasteiger charge is 2.26. The zero-order valence-electron chi connectivity index (χ0n) is 9.88. The summed E-state index contributed by atoms with van der Waals surface area (Å²) in [5.74, 6) is -0.360. The van der Waals surface area contributed by atoms with Crippen LogP contribution in [0.15, 0.2) is 18.2 Å². The summed E-state index contributed by atoms with van der Waals surface area (Å²) in [6.45, 7) is 0.584. The van der Waals surface area contributed by atoms with Crippen molar-refractivity contribution in [1.82, 2.24) is 5.32 Å². The molecular formula is C13H17ClFNO. The third-order valence-corrected chi connectivity index (χ3v) is 3.76. The highest BCUT2D eigenvalue weighted by Crippen LogP contribution is 2.23. The first-order chi connectivity index (χ1) is 8.22. The Balaban J connectivity index is 1.95. The largest absolute Gasteiger partial charge is 0.380 e. The molecule has 1 aliphatic carbocycles. The van der Waals surface area contributed by atoms with Gasteiger partial charge in [0, 0.05) is 19.7 Å². The van der Waals surface area contributed by atoms with Gasteiger partial charge in [0.05, 0.1) is 11.1 Å². The summed E-state index contributed by atoms with van der Waals surface area (Å²) >= 11 is 5.90. The molecule has 1 N–H and O–H groups in total. The number of rotatable bonds is 4. The third-order valence-electron chi connectivity index (χ3n) is 3.34. The van der Waals surface area contributed by atoms with Crippen molar-refractivity contribution in [1.29, 1.82) is 0 Å². The van der Waals surface area contributed by atoms with E-state index in [0.717, 1.165) is 18.4 Å². The molecule has 1 aliphatic rings. The lowest BCUT2D eigenvalue weighted by Gasteiger charge is -2.20. The number of nitrogens with one attached hydrogen (secondary N) is 1. The van der Waals surface area contributed by atoms with Gasteiger partial charge in [-0.1, -0.05) is 23.7 Å². The number of halogens is 2. The van der Waals surface area contributed by atoms with Crippen LogP contribution in [0.5, 0.6) is 0 Å². The second kappa shape index (κ2) is 5.80. The summed E-state index contributed by atoms with van der Waals surface area (Å²) in [4.78, 5) is 0. The van der Waals surface area contributed by atoms with E-state index in [1.807, 2.05) is 6.07 Å². The van der Waals surface area contributed by atoms with E-state index < -0.39 is 0 Å². The van der Waals surface area contributed by atoms with Crippen LogP contribution in [-0.2, 0) is 11.3 Å². The number of hydrogen-bond acceptors (Lipinski definition) is 2. The van der Waals surface area contributed by atoms with Crippen LogP contribution >= 0.6 is 11.6 Å². The minimum absolute atomic E-state index is 0.215. The molecule has 17 heavy (non-hydrogen) atoms. The highest BCUT2D eigenvalue weighted by atomic mass is 35.5. The number of hydrogen-bond donors (Lipinski definition) is 1. The van der Waals surface area contributed by atoms with E-state index >= 15 is 0 Å². The predicted octanol–water partition coefficient (Wildman–Crippen LogP) is 3.14. The van der Waals surface area contributed by atoms with Crippen LogP contribution in [0.2, 0.25) is 5.02 Å². The van der Waals surface area contributed by atoms with E-state index in [1.165, 1.54) is 12.5 Å². The zero-order valence-corrected chi connectivity index (χ0v) is 10.6. The van der Waals surface area contributed by atoms with Crippen LogP contribution in [0.1, 0.15) is 24.8 Å². The first kappa shape index (κ1) is 12.8. The summed E-state index contributed by atoms with van der Waals surface area (Å²) in [5, 5.41) is 3.61. The smallest absolute Gasteiger partial charge is 0.142 e. The van der Waals surface area contributed by atoms with Crippen molar-refractivity contribution < 1.29 is 9.13 Å². The SMILES string of the molecule is COC1CCCC1NCc1cccc(F)c1Cl. The van der Waals surface area contributed by atoms with Crippen molar-refractivity contribution >= 4 is 11.6 Å². The average Bonchev–Trinajstić information content (AvgIpc) is 2.78. The van der Waals surface area contributed by atoms with Crippen LogP contribution in [0.25, 0.3) is 0 Å². The standard InChI is InChI=1S/C13H17ClFNO/c1-17-12-7-3-6-11(12)16-8-9-4-2-5-10(15)13(9)14/h2,4-5,11-12,16H,3,6-8H2,1H3. The van der Waals surface area contributed by atoms with Crippen molar-refractivity contribution in [3.63, 3.8) is 0 Å². The number of methoxy groups -OCH3 is 1. The normalized spacial score (nSPS) is 24.2. The van der Waals surface area contributed by atoms with Crippen LogP contribution < -0.4 is 5.32 Å². The Morgan fingerprint density at radius 2 is 2.29 bits per heavy atom. The molecule has 0 radical (unpaired) electrons. The molecule has 1 saturated carbocycles. The van der Waals surface area contributed by atoms with Crippen LogP contribution in [0, 0.1) is 5.82 Å². The summed E-state index contributed by atoms with van der Waals surface area (Å²) < 4.78 is 18.6. The predicted molar refractivity (Wildman–Crippen MR) is 66.7 cm³/mol. The van der Waals surface area contributed by atoms with E-state index in [2.05, 4.69) is 5.32 Å². The molecule has 1 aromatic rings. The van der Waals surface area contributed by atoms with Gasteiger partial charge < -0.3 is 10.1 Å².